The van der Waals surface area contributed by atoms with Crippen LogP contribution in [0, 0.1) is 6.92 Å². The molecule has 4 rings (SSSR count). The van der Waals surface area contributed by atoms with E-state index >= 15 is 0 Å². The van der Waals surface area contributed by atoms with Crippen molar-refractivity contribution in [3.05, 3.63) is 95.1 Å². The maximum atomic E-state index is 13.6. The first-order valence-electron chi connectivity index (χ1n) is 10.5. The number of hydrogen-bond acceptors (Lipinski definition) is 3. The molecule has 1 N–H and O–H groups in total. The van der Waals surface area contributed by atoms with Crippen LogP contribution in [0.4, 0.5) is 5.69 Å². The number of carbonyl (C=O) groups is 2. The Hall–Kier alpha value is -3.60. The van der Waals surface area contributed by atoms with Crippen molar-refractivity contribution in [3.8, 4) is 5.75 Å². The predicted molar refractivity (Wildman–Crippen MR) is 121 cm³/mol. The average molecular weight is 415 g/mol. The van der Waals surface area contributed by atoms with Gasteiger partial charge < -0.3 is 15.0 Å². The van der Waals surface area contributed by atoms with Gasteiger partial charge in [-0.25, -0.2) is 0 Å². The number of carbonyl (C=O) groups excluding carboxylic acids is 2. The number of anilines is 1. The third-order valence-corrected chi connectivity index (χ3v) is 5.25. The van der Waals surface area contributed by atoms with Crippen LogP contribution >= 0.6 is 0 Å². The smallest absolute Gasteiger partial charge is 0.255 e. The largest absolute Gasteiger partial charge is 0.491 e. The van der Waals surface area contributed by atoms with Gasteiger partial charge in [-0.3, -0.25) is 9.59 Å². The molecule has 5 heteroatoms. The number of rotatable bonds is 4. The Morgan fingerprint density at radius 1 is 1.03 bits per heavy atom. The highest BCUT2D eigenvalue weighted by atomic mass is 16.5. The number of nitrogens with one attached hydrogen (secondary N) is 1. The lowest BCUT2D eigenvalue weighted by Crippen LogP contribution is -2.39. The number of hydrogen-bond donors (Lipinski definition) is 1. The van der Waals surface area contributed by atoms with Crippen LogP contribution in [-0.4, -0.2) is 29.4 Å². The van der Waals surface area contributed by atoms with E-state index in [0.717, 1.165) is 22.4 Å². The van der Waals surface area contributed by atoms with E-state index in [0.29, 0.717) is 11.3 Å². The van der Waals surface area contributed by atoms with Crippen LogP contribution in [-0.2, 0) is 4.79 Å². The summed E-state index contributed by atoms with van der Waals surface area (Å²) in [5, 5.41) is 2.96. The molecule has 0 aliphatic carbocycles. The minimum Gasteiger partial charge on any atom is -0.491 e. The van der Waals surface area contributed by atoms with Gasteiger partial charge in [-0.1, -0.05) is 48.0 Å². The maximum Gasteiger partial charge on any atom is 0.255 e. The fraction of sp³-hybridized carbons (Fsp3) is 0.231. The standard InChI is InChI=1S/C26H26N2O3/c1-17(2)31-21-12-10-20(11-13-21)26(30)28-16-24(29)27-23-14-9-18(3)15-22(23)25(28)19-7-5-4-6-8-19/h4-15,17,25H,16H2,1-3H3,(H,27,29)/t25-/m0/s1. The molecule has 0 radical (unpaired) electrons. The Labute approximate surface area is 182 Å². The molecule has 0 bridgehead atoms. The Bertz CT molecular complexity index is 1090. The molecule has 0 saturated heterocycles. The summed E-state index contributed by atoms with van der Waals surface area (Å²) in [6.07, 6.45) is 0.0538. The highest BCUT2D eigenvalue weighted by Crippen LogP contribution is 2.37. The summed E-state index contributed by atoms with van der Waals surface area (Å²) in [4.78, 5) is 28.0. The first-order valence-corrected chi connectivity index (χ1v) is 10.5. The van der Waals surface area contributed by atoms with Gasteiger partial charge in [-0.15, -0.1) is 0 Å². The Morgan fingerprint density at radius 3 is 2.42 bits per heavy atom. The van der Waals surface area contributed by atoms with Crippen molar-refractivity contribution in [1.82, 2.24) is 4.90 Å². The number of amides is 2. The average Bonchev–Trinajstić information content (AvgIpc) is 2.89. The van der Waals surface area contributed by atoms with E-state index in [1.165, 1.54) is 0 Å². The van der Waals surface area contributed by atoms with Crippen LogP contribution in [0.3, 0.4) is 0 Å². The number of fused-ring (bicyclic) bond motifs is 1. The van der Waals surface area contributed by atoms with Crippen LogP contribution in [0.5, 0.6) is 5.75 Å². The predicted octanol–water partition coefficient (Wildman–Crippen LogP) is 4.97. The number of benzene rings is 3. The van der Waals surface area contributed by atoms with E-state index in [4.69, 9.17) is 4.74 Å². The molecular weight excluding hydrogens is 388 g/mol. The van der Waals surface area contributed by atoms with E-state index in [9.17, 15) is 9.59 Å². The molecule has 1 aliphatic rings. The maximum absolute atomic E-state index is 13.6. The summed E-state index contributed by atoms with van der Waals surface area (Å²) in [5.41, 5.74) is 4.18. The summed E-state index contributed by atoms with van der Waals surface area (Å²) in [6.45, 7) is 5.89. The van der Waals surface area contributed by atoms with E-state index in [-0.39, 0.29) is 30.5 Å². The number of nitrogens with zero attached hydrogens (tertiary/aromatic N) is 1. The van der Waals surface area contributed by atoms with Gasteiger partial charge in [0.15, 0.2) is 0 Å². The van der Waals surface area contributed by atoms with Crippen molar-refractivity contribution < 1.29 is 14.3 Å². The van der Waals surface area contributed by atoms with Crippen LogP contribution in [0.1, 0.15) is 46.9 Å². The van der Waals surface area contributed by atoms with E-state index in [2.05, 4.69) is 5.32 Å². The molecule has 1 heterocycles. The summed E-state index contributed by atoms with van der Waals surface area (Å²) in [6, 6.07) is 22.5. The molecule has 0 spiro atoms. The van der Waals surface area contributed by atoms with E-state index < -0.39 is 0 Å². The minimum atomic E-state index is -0.380. The van der Waals surface area contributed by atoms with E-state index in [1.54, 1.807) is 29.2 Å². The molecule has 2 amide bonds. The lowest BCUT2D eigenvalue weighted by Gasteiger charge is -2.31. The zero-order valence-corrected chi connectivity index (χ0v) is 18.0. The van der Waals surface area contributed by atoms with Crippen LogP contribution in [0.2, 0.25) is 0 Å². The van der Waals surface area contributed by atoms with Gasteiger partial charge in [-0.2, -0.15) is 0 Å². The van der Waals surface area contributed by atoms with Crippen molar-refractivity contribution in [2.24, 2.45) is 0 Å². The quantitative estimate of drug-likeness (QED) is 0.656. The molecule has 3 aromatic carbocycles. The summed E-state index contributed by atoms with van der Waals surface area (Å²) in [7, 11) is 0. The SMILES string of the molecule is Cc1ccc2c(c1)[C@H](c1ccccc1)N(C(=O)c1ccc(OC(C)C)cc1)CC(=O)N2. The summed E-state index contributed by atoms with van der Waals surface area (Å²) < 4.78 is 5.69. The van der Waals surface area contributed by atoms with Crippen molar-refractivity contribution in [1.29, 1.82) is 0 Å². The van der Waals surface area contributed by atoms with Crippen molar-refractivity contribution in [2.45, 2.75) is 32.9 Å². The van der Waals surface area contributed by atoms with Crippen LogP contribution in [0.25, 0.3) is 0 Å². The number of aryl methyl sites for hydroxylation is 1. The molecule has 0 saturated carbocycles. The Balaban J connectivity index is 1.78. The minimum absolute atomic E-state index is 0.0314. The van der Waals surface area contributed by atoms with Crippen molar-refractivity contribution in [3.63, 3.8) is 0 Å². The lowest BCUT2D eigenvalue weighted by molar-refractivity contribution is -0.117. The first kappa shape index (κ1) is 20.7. The van der Waals surface area contributed by atoms with Gasteiger partial charge in [-0.05, 0) is 56.7 Å². The molecule has 1 aliphatic heterocycles. The number of ether oxygens (including phenoxy) is 1. The van der Waals surface area contributed by atoms with Gasteiger partial charge in [0.25, 0.3) is 5.91 Å². The zero-order chi connectivity index (χ0) is 22.0. The van der Waals surface area contributed by atoms with Gasteiger partial charge in [0.05, 0.1) is 12.1 Å². The highest BCUT2D eigenvalue weighted by Gasteiger charge is 2.34. The monoisotopic (exact) mass is 414 g/mol. The Morgan fingerprint density at radius 2 is 1.74 bits per heavy atom. The second kappa shape index (κ2) is 8.64. The molecule has 31 heavy (non-hydrogen) atoms. The molecule has 1 atom stereocenters. The normalized spacial score (nSPS) is 15.8. The third-order valence-electron chi connectivity index (χ3n) is 5.25. The fourth-order valence-electron chi connectivity index (χ4n) is 3.92. The van der Waals surface area contributed by atoms with Gasteiger partial charge in [0.1, 0.15) is 12.3 Å². The summed E-state index contributed by atoms with van der Waals surface area (Å²) >= 11 is 0. The molecule has 0 fully saturated rings. The van der Waals surface area contributed by atoms with Gasteiger partial charge >= 0.3 is 0 Å². The molecule has 0 unspecified atom stereocenters. The van der Waals surface area contributed by atoms with Gasteiger partial charge in [0.2, 0.25) is 5.91 Å². The second-order valence-corrected chi connectivity index (χ2v) is 8.08. The first-order chi connectivity index (χ1) is 14.9. The fourth-order valence-corrected chi connectivity index (χ4v) is 3.92. The molecular formula is C26H26N2O3. The van der Waals surface area contributed by atoms with Crippen molar-refractivity contribution >= 4 is 17.5 Å². The van der Waals surface area contributed by atoms with Gasteiger partial charge in [0, 0.05) is 16.8 Å². The summed E-state index contributed by atoms with van der Waals surface area (Å²) in [5.74, 6) is 0.298. The highest BCUT2D eigenvalue weighted by molar-refractivity contribution is 6.01. The molecule has 5 nitrogen and oxygen atoms in total. The zero-order valence-electron chi connectivity index (χ0n) is 18.0. The second-order valence-electron chi connectivity index (χ2n) is 8.08. The van der Waals surface area contributed by atoms with Crippen molar-refractivity contribution in [2.75, 3.05) is 11.9 Å². The van der Waals surface area contributed by atoms with Crippen LogP contribution < -0.4 is 10.1 Å². The van der Waals surface area contributed by atoms with E-state index in [1.807, 2.05) is 69.3 Å². The molecule has 0 aromatic heterocycles. The Kier molecular flexibility index (Phi) is 5.76. The molecule has 158 valence electrons. The topological polar surface area (TPSA) is 58.6 Å². The molecule has 3 aromatic rings. The third kappa shape index (κ3) is 4.45. The lowest BCUT2D eigenvalue weighted by atomic mass is 9.94. The van der Waals surface area contributed by atoms with Crippen LogP contribution in [0.15, 0.2) is 72.8 Å².